The summed E-state index contributed by atoms with van der Waals surface area (Å²) in [6, 6.07) is 14.0. The van der Waals surface area contributed by atoms with Crippen LogP contribution in [0.15, 0.2) is 60.0 Å². The first kappa shape index (κ1) is 18.1. The molecule has 0 fully saturated rings. The minimum absolute atomic E-state index is 0.0132. The summed E-state index contributed by atoms with van der Waals surface area (Å²) in [5, 5.41) is 11.3. The van der Waals surface area contributed by atoms with Crippen molar-refractivity contribution in [2.45, 2.75) is 19.5 Å². The molecule has 1 heterocycles. The highest BCUT2D eigenvalue weighted by Crippen LogP contribution is 2.18. The molecule has 0 radical (unpaired) electrons. The molecule has 3 nitrogen and oxygen atoms in total. The summed E-state index contributed by atoms with van der Waals surface area (Å²) >= 11 is 1.55. The molecular weight excluding hydrogens is 356 g/mol. The van der Waals surface area contributed by atoms with Gasteiger partial charge in [0.2, 0.25) is 5.91 Å². The maximum absolute atomic E-state index is 13.4. The number of carbonyl (C=O) groups is 1. The minimum Gasteiger partial charge on any atom is -0.508 e. The maximum atomic E-state index is 13.4. The lowest BCUT2D eigenvalue weighted by Gasteiger charge is -2.22. The number of hydrogen-bond donors (Lipinski definition) is 1. The van der Waals surface area contributed by atoms with Gasteiger partial charge >= 0.3 is 0 Å². The highest BCUT2D eigenvalue weighted by molar-refractivity contribution is 7.09. The Bertz CT molecular complexity index is 879. The summed E-state index contributed by atoms with van der Waals surface area (Å²) in [6.07, 6.45) is -0.0132. The molecule has 3 aromatic rings. The van der Waals surface area contributed by atoms with Crippen molar-refractivity contribution in [2.75, 3.05) is 0 Å². The normalized spacial score (nSPS) is 10.7. The van der Waals surface area contributed by atoms with E-state index in [4.69, 9.17) is 0 Å². The highest BCUT2D eigenvalue weighted by Gasteiger charge is 2.17. The second kappa shape index (κ2) is 8.10. The van der Waals surface area contributed by atoms with Crippen LogP contribution in [-0.2, 0) is 24.3 Å². The smallest absolute Gasteiger partial charge is 0.227 e. The molecule has 0 saturated heterocycles. The minimum atomic E-state index is -0.960. The lowest BCUT2D eigenvalue weighted by molar-refractivity contribution is -0.131. The van der Waals surface area contributed by atoms with Crippen LogP contribution in [0.4, 0.5) is 8.78 Å². The van der Waals surface area contributed by atoms with E-state index in [0.717, 1.165) is 22.6 Å². The number of phenols is 1. The van der Waals surface area contributed by atoms with Crippen LogP contribution in [0, 0.1) is 11.6 Å². The predicted molar refractivity (Wildman–Crippen MR) is 96.7 cm³/mol. The van der Waals surface area contributed by atoms with Crippen molar-refractivity contribution in [1.29, 1.82) is 0 Å². The van der Waals surface area contributed by atoms with Crippen molar-refractivity contribution in [2.24, 2.45) is 0 Å². The van der Waals surface area contributed by atoms with Crippen molar-refractivity contribution in [1.82, 2.24) is 4.90 Å². The Labute approximate surface area is 154 Å². The van der Waals surface area contributed by atoms with Crippen molar-refractivity contribution < 1.29 is 18.7 Å². The molecule has 6 heteroatoms. The topological polar surface area (TPSA) is 40.5 Å². The molecule has 0 bridgehead atoms. The molecule has 1 aromatic heterocycles. The Morgan fingerprint density at radius 3 is 2.35 bits per heavy atom. The molecule has 0 saturated carbocycles. The molecule has 0 aliphatic heterocycles. The maximum Gasteiger partial charge on any atom is 0.227 e. The second-order valence-corrected chi connectivity index (χ2v) is 6.95. The number of thiophene rings is 1. The van der Waals surface area contributed by atoms with Gasteiger partial charge in [0.25, 0.3) is 0 Å². The quantitative estimate of drug-likeness (QED) is 0.691. The second-order valence-electron chi connectivity index (χ2n) is 5.92. The van der Waals surface area contributed by atoms with Crippen LogP contribution in [0.5, 0.6) is 5.75 Å². The lowest BCUT2D eigenvalue weighted by Crippen LogP contribution is -2.31. The Hall–Kier alpha value is -2.73. The molecule has 0 spiro atoms. The zero-order valence-electron chi connectivity index (χ0n) is 13.9. The van der Waals surface area contributed by atoms with Crippen molar-refractivity contribution in [3.8, 4) is 5.75 Å². The van der Waals surface area contributed by atoms with E-state index in [1.165, 1.54) is 6.07 Å². The molecule has 134 valence electrons. The number of amides is 1. The van der Waals surface area contributed by atoms with Crippen LogP contribution < -0.4 is 0 Å². The molecule has 0 atom stereocenters. The van der Waals surface area contributed by atoms with Crippen LogP contribution in [0.2, 0.25) is 0 Å². The molecule has 3 rings (SSSR count). The summed E-state index contributed by atoms with van der Waals surface area (Å²) in [4.78, 5) is 15.5. The molecule has 1 amide bonds. The number of halogens is 2. The fourth-order valence-electron chi connectivity index (χ4n) is 2.58. The summed E-state index contributed by atoms with van der Waals surface area (Å²) < 4.78 is 26.5. The van der Waals surface area contributed by atoms with Gasteiger partial charge in [0, 0.05) is 11.4 Å². The average Bonchev–Trinajstić information content (AvgIpc) is 3.12. The SMILES string of the molecule is O=C(Cc1ccc(F)c(F)c1)N(Cc1ccc(O)cc1)Cc1cccs1. The third kappa shape index (κ3) is 4.67. The first-order valence-corrected chi connectivity index (χ1v) is 8.91. The number of aromatic hydroxyl groups is 1. The summed E-state index contributed by atoms with van der Waals surface area (Å²) in [7, 11) is 0. The molecule has 1 N–H and O–H groups in total. The Morgan fingerprint density at radius 1 is 0.962 bits per heavy atom. The molecule has 0 aliphatic rings. The molecule has 0 aliphatic carbocycles. The van der Waals surface area contributed by atoms with Gasteiger partial charge in [-0.1, -0.05) is 24.3 Å². The van der Waals surface area contributed by atoms with E-state index in [-0.39, 0.29) is 18.1 Å². The monoisotopic (exact) mass is 373 g/mol. The number of benzene rings is 2. The van der Waals surface area contributed by atoms with E-state index in [1.54, 1.807) is 40.5 Å². The van der Waals surface area contributed by atoms with Crippen LogP contribution >= 0.6 is 11.3 Å². The van der Waals surface area contributed by atoms with Gasteiger partial charge in [0.1, 0.15) is 5.75 Å². The van der Waals surface area contributed by atoms with Crippen LogP contribution in [0.3, 0.4) is 0 Å². The number of hydrogen-bond acceptors (Lipinski definition) is 3. The zero-order chi connectivity index (χ0) is 18.5. The van der Waals surface area contributed by atoms with Gasteiger partial charge in [-0.2, -0.15) is 0 Å². The Balaban J connectivity index is 1.77. The lowest BCUT2D eigenvalue weighted by atomic mass is 10.1. The van der Waals surface area contributed by atoms with E-state index in [2.05, 4.69) is 0 Å². The molecular formula is C20H17F2NO2S. The summed E-state index contributed by atoms with van der Waals surface area (Å²) in [5.74, 6) is -1.91. The largest absolute Gasteiger partial charge is 0.508 e. The van der Waals surface area contributed by atoms with Gasteiger partial charge in [-0.05, 0) is 46.8 Å². The van der Waals surface area contributed by atoms with Gasteiger partial charge in [-0.25, -0.2) is 8.78 Å². The van der Waals surface area contributed by atoms with Crippen LogP contribution in [0.25, 0.3) is 0 Å². The van der Waals surface area contributed by atoms with E-state index in [9.17, 15) is 18.7 Å². The Morgan fingerprint density at radius 2 is 1.69 bits per heavy atom. The number of rotatable bonds is 6. The van der Waals surface area contributed by atoms with Gasteiger partial charge in [0.15, 0.2) is 11.6 Å². The molecule has 2 aromatic carbocycles. The van der Waals surface area contributed by atoms with E-state index in [1.807, 2.05) is 17.5 Å². The van der Waals surface area contributed by atoms with Crippen molar-refractivity contribution in [3.63, 3.8) is 0 Å². The van der Waals surface area contributed by atoms with Gasteiger partial charge in [-0.3, -0.25) is 4.79 Å². The zero-order valence-corrected chi connectivity index (χ0v) is 14.7. The summed E-state index contributed by atoms with van der Waals surface area (Å²) in [5.41, 5.74) is 1.30. The summed E-state index contributed by atoms with van der Waals surface area (Å²) in [6.45, 7) is 0.793. The number of phenolic OH excluding ortho intramolecular Hbond substituents is 1. The van der Waals surface area contributed by atoms with Crippen LogP contribution in [0.1, 0.15) is 16.0 Å². The van der Waals surface area contributed by atoms with Crippen molar-refractivity contribution >= 4 is 17.2 Å². The van der Waals surface area contributed by atoms with Gasteiger partial charge in [0.05, 0.1) is 13.0 Å². The number of nitrogens with zero attached hydrogens (tertiary/aromatic N) is 1. The first-order valence-electron chi connectivity index (χ1n) is 8.03. The first-order chi connectivity index (χ1) is 12.5. The van der Waals surface area contributed by atoms with Crippen LogP contribution in [-0.4, -0.2) is 15.9 Å². The Kier molecular flexibility index (Phi) is 5.63. The van der Waals surface area contributed by atoms with Gasteiger partial charge in [-0.15, -0.1) is 11.3 Å². The number of carbonyl (C=O) groups excluding carboxylic acids is 1. The predicted octanol–water partition coefficient (Wildman–Crippen LogP) is 4.50. The van der Waals surface area contributed by atoms with Crippen molar-refractivity contribution in [3.05, 3.63) is 87.6 Å². The third-order valence-corrected chi connectivity index (χ3v) is 4.79. The third-order valence-electron chi connectivity index (χ3n) is 3.93. The standard InChI is InChI=1S/C20H17F2NO2S/c21-18-8-5-15(10-19(18)22)11-20(25)23(13-17-2-1-9-26-17)12-14-3-6-16(24)7-4-14/h1-10,24H,11-13H2. The van der Waals surface area contributed by atoms with E-state index in [0.29, 0.717) is 18.7 Å². The fourth-order valence-corrected chi connectivity index (χ4v) is 3.30. The fraction of sp³-hybridized carbons (Fsp3) is 0.150. The highest BCUT2D eigenvalue weighted by atomic mass is 32.1. The van der Waals surface area contributed by atoms with E-state index < -0.39 is 11.6 Å². The molecule has 0 unspecified atom stereocenters. The van der Waals surface area contributed by atoms with E-state index >= 15 is 0 Å². The average molecular weight is 373 g/mol. The van der Waals surface area contributed by atoms with Gasteiger partial charge < -0.3 is 10.0 Å². The molecule has 26 heavy (non-hydrogen) atoms.